The lowest BCUT2D eigenvalue weighted by Gasteiger charge is -2.28. The largest absolute Gasteiger partial charge is 0.484 e. The van der Waals surface area contributed by atoms with Crippen LogP contribution >= 0.6 is 11.6 Å². The second-order valence-electron chi connectivity index (χ2n) is 5.92. The SMILES string of the molecule is O=C1CCCN1CN(C(=O)COc1ccccc1)c1ccc(F)c(Cl)c1. The molecule has 1 heterocycles. The van der Waals surface area contributed by atoms with E-state index in [1.807, 2.05) is 6.07 Å². The van der Waals surface area contributed by atoms with Crippen LogP contribution in [-0.4, -0.2) is 36.5 Å². The molecular formula is C19H18ClFN2O3. The normalized spacial score (nSPS) is 13.8. The van der Waals surface area contributed by atoms with Gasteiger partial charge in [-0.05, 0) is 36.8 Å². The number of hydrogen-bond donors (Lipinski definition) is 0. The van der Waals surface area contributed by atoms with Crippen LogP contribution in [0.3, 0.4) is 0 Å². The van der Waals surface area contributed by atoms with Crippen molar-refractivity contribution in [3.05, 3.63) is 59.4 Å². The zero-order chi connectivity index (χ0) is 18.5. The van der Waals surface area contributed by atoms with Crippen molar-refractivity contribution < 1.29 is 18.7 Å². The molecule has 5 nitrogen and oxygen atoms in total. The lowest BCUT2D eigenvalue weighted by atomic mass is 10.2. The standard InChI is InChI=1S/C19H18ClFN2O3/c20-16-11-14(8-9-17(16)21)23(13-22-10-4-7-18(22)24)19(25)12-26-15-5-2-1-3-6-15/h1-3,5-6,8-9,11H,4,7,10,12-13H2. The predicted molar refractivity (Wildman–Crippen MR) is 96.6 cm³/mol. The van der Waals surface area contributed by atoms with Crippen molar-refractivity contribution in [3.8, 4) is 5.75 Å². The minimum atomic E-state index is -0.569. The molecule has 0 unspecified atom stereocenters. The number of amides is 2. The molecule has 0 aliphatic carbocycles. The first-order valence-corrected chi connectivity index (χ1v) is 8.63. The maximum Gasteiger partial charge on any atom is 0.266 e. The molecule has 0 bridgehead atoms. The van der Waals surface area contributed by atoms with Crippen LogP contribution in [0.15, 0.2) is 48.5 Å². The number of anilines is 1. The Morgan fingerprint density at radius 2 is 2.00 bits per heavy atom. The topological polar surface area (TPSA) is 49.9 Å². The summed E-state index contributed by atoms with van der Waals surface area (Å²) in [7, 11) is 0. The van der Waals surface area contributed by atoms with Crippen LogP contribution in [-0.2, 0) is 9.59 Å². The van der Waals surface area contributed by atoms with Gasteiger partial charge in [0.05, 0.1) is 5.02 Å². The molecule has 26 heavy (non-hydrogen) atoms. The van der Waals surface area contributed by atoms with Crippen molar-refractivity contribution in [3.63, 3.8) is 0 Å². The molecule has 0 atom stereocenters. The maximum absolute atomic E-state index is 13.5. The fourth-order valence-corrected chi connectivity index (χ4v) is 2.90. The van der Waals surface area contributed by atoms with Gasteiger partial charge in [0, 0.05) is 18.7 Å². The van der Waals surface area contributed by atoms with E-state index < -0.39 is 5.82 Å². The van der Waals surface area contributed by atoms with E-state index in [0.717, 1.165) is 6.42 Å². The second-order valence-corrected chi connectivity index (χ2v) is 6.33. The first-order valence-electron chi connectivity index (χ1n) is 8.25. The molecule has 1 saturated heterocycles. The summed E-state index contributed by atoms with van der Waals surface area (Å²) in [6, 6.07) is 13.0. The quantitative estimate of drug-likeness (QED) is 0.775. The summed E-state index contributed by atoms with van der Waals surface area (Å²) < 4.78 is 19.0. The fraction of sp³-hybridized carbons (Fsp3) is 0.263. The van der Waals surface area contributed by atoms with Crippen molar-refractivity contribution in [2.24, 2.45) is 0 Å². The molecular weight excluding hydrogens is 359 g/mol. The Morgan fingerprint density at radius 1 is 1.23 bits per heavy atom. The van der Waals surface area contributed by atoms with Crippen LogP contribution < -0.4 is 9.64 Å². The van der Waals surface area contributed by atoms with Gasteiger partial charge in [-0.2, -0.15) is 0 Å². The molecule has 136 valence electrons. The Labute approximate surface area is 155 Å². The highest BCUT2D eigenvalue weighted by Gasteiger charge is 2.26. The third-order valence-electron chi connectivity index (χ3n) is 4.10. The lowest BCUT2D eigenvalue weighted by molar-refractivity contribution is -0.128. The van der Waals surface area contributed by atoms with E-state index >= 15 is 0 Å². The number of para-hydroxylation sites is 1. The fourth-order valence-electron chi connectivity index (χ4n) is 2.72. The molecule has 0 radical (unpaired) electrons. The number of nitrogens with zero attached hydrogens (tertiary/aromatic N) is 2. The van der Waals surface area contributed by atoms with E-state index in [9.17, 15) is 14.0 Å². The molecule has 1 fully saturated rings. The Morgan fingerprint density at radius 3 is 2.65 bits per heavy atom. The molecule has 3 rings (SSSR count). The van der Waals surface area contributed by atoms with Gasteiger partial charge in [0.25, 0.3) is 5.91 Å². The van der Waals surface area contributed by atoms with Crippen LogP contribution in [0.25, 0.3) is 0 Å². The summed E-state index contributed by atoms with van der Waals surface area (Å²) in [4.78, 5) is 27.6. The van der Waals surface area contributed by atoms with E-state index in [1.165, 1.54) is 23.1 Å². The molecule has 0 saturated carbocycles. The smallest absolute Gasteiger partial charge is 0.266 e. The van der Waals surface area contributed by atoms with Gasteiger partial charge in [-0.15, -0.1) is 0 Å². The molecule has 7 heteroatoms. The minimum Gasteiger partial charge on any atom is -0.484 e. The summed E-state index contributed by atoms with van der Waals surface area (Å²) in [5.41, 5.74) is 0.415. The Balaban J connectivity index is 1.78. The molecule has 2 aromatic rings. The highest BCUT2D eigenvalue weighted by Crippen LogP contribution is 2.24. The van der Waals surface area contributed by atoms with Crippen LogP contribution in [0.1, 0.15) is 12.8 Å². The highest BCUT2D eigenvalue weighted by molar-refractivity contribution is 6.31. The van der Waals surface area contributed by atoms with E-state index in [4.69, 9.17) is 16.3 Å². The summed E-state index contributed by atoms with van der Waals surface area (Å²) >= 11 is 5.86. The van der Waals surface area contributed by atoms with Crippen LogP contribution in [0.4, 0.5) is 10.1 Å². The number of halogens is 2. The lowest BCUT2D eigenvalue weighted by Crippen LogP contribution is -2.44. The van der Waals surface area contributed by atoms with E-state index in [2.05, 4.69) is 0 Å². The monoisotopic (exact) mass is 376 g/mol. The van der Waals surface area contributed by atoms with Gasteiger partial charge in [0.2, 0.25) is 5.91 Å². The van der Waals surface area contributed by atoms with Crippen LogP contribution in [0.5, 0.6) is 5.75 Å². The van der Waals surface area contributed by atoms with Crippen molar-refractivity contribution >= 4 is 29.1 Å². The van der Waals surface area contributed by atoms with Gasteiger partial charge in [-0.25, -0.2) is 4.39 Å². The number of ether oxygens (including phenoxy) is 1. The third-order valence-corrected chi connectivity index (χ3v) is 4.39. The molecule has 1 aliphatic heterocycles. The zero-order valence-electron chi connectivity index (χ0n) is 14.0. The number of carbonyl (C=O) groups excluding carboxylic acids is 2. The molecule has 1 aliphatic rings. The van der Waals surface area contributed by atoms with Gasteiger partial charge < -0.3 is 9.64 Å². The Hall–Kier alpha value is -2.60. The molecule has 0 spiro atoms. The van der Waals surface area contributed by atoms with Crippen LogP contribution in [0.2, 0.25) is 5.02 Å². The average Bonchev–Trinajstić information content (AvgIpc) is 3.06. The van der Waals surface area contributed by atoms with E-state index in [1.54, 1.807) is 29.2 Å². The van der Waals surface area contributed by atoms with Gasteiger partial charge in [0.15, 0.2) is 6.61 Å². The van der Waals surface area contributed by atoms with Gasteiger partial charge in [-0.3, -0.25) is 14.5 Å². The van der Waals surface area contributed by atoms with Crippen molar-refractivity contribution in [1.82, 2.24) is 4.90 Å². The average molecular weight is 377 g/mol. The highest BCUT2D eigenvalue weighted by atomic mass is 35.5. The van der Waals surface area contributed by atoms with Crippen molar-refractivity contribution in [2.45, 2.75) is 12.8 Å². The first-order chi connectivity index (χ1) is 12.5. The number of hydrogen-bond acceptors (Lipinski definition) is 3. The van der Waals surface area contributed by atoms with Crippen LogP contribution in [0, 0.1) is 5.82 Å². The van der Waals surface area contributed by atoms with Gasteiger partial charge >= 0.3 is 0 Å². The van der Waals surface area contributed by atoms with E-state index in [0.29, 0.717) is 24.4 Å². The number of carbonyl (C=O) groups is 2. The summed E-state index contributed by atoms with van der Waals surface area (Å²) in [5, 5.41) is -0.0861. The molecule has 0 N–H and O–H groups in total. The molecule has 2 aromatic carbocycles. The van der Waals surface area contributed by atoms with Crippen molar-refractivity contribution in [1.29, 1.82) is 0 Å². The summed E-state index contributed by atoms with van der Waals surface area (Å²) in [6.45, 7) is 0.454. The molecule has 2 amide bonds. The zero-order valence-corrected chi connectivity index (χ0v) is 14.8. The van der Waals surface area contributed by atoms with Crippen molar-refractivity contribution in [2.75, 3.05) is 24.7 Å². The molecule has 0 aromatic heterocycles. The Kier molecular flexibility index (Phi) is 5.73. The third kappa shape index (κ3) is 4.32. The minimum absolute atomic E-state index is 0.0139. The van der Waals surface area contributed by atoms with E-state index in [-0.39, 0.29) is 30.1 Å². The Bertz CT molecular complexity index is 801. The first kappa shape index (κ1) is 18.2. The number of likely N-dealkylation sites (tertiary alicyclic amines) is 1. The maximum atomic E-state index is 13.5. The van der Waals surface area contributed by atoms with Gasteiger partial charge in [-0.1, -0.05) is 29.8 Å². The summed E-state index contributed by atoms with van der Waals surface area (Å²) in [6.07, 6.45) is 1.22. The van der Waals surface area contributed by atoms with Gasteiger partial charge in [0.1, 0.15) is 18.2 Å². The number of rotatable bonds is 6. The summed E-state index contributed by atoms with van der Waals surface area (Å²) in [5.74, 6) is -0.369. The number of benzene rings is 2. The predicted octanol–water partition coefficient (Wildman–Crippen LogP) is 3.47. The second kappa shape index (κ2) is 8.19.